The highest BCUT2D eigenvalue weighted by Gasteiger charge is 2.38. The minimum absolute atomic E-state index is 0.408. The molecule has 2 rings (SSSR count). The maximum atomic E-state index is 12.9. The largest absolute Gasteiger partial charge is 0.328 e. The van der Waals surface area contributed by atoms with Crippen LogP contribution >= 0.6 is 0 Å². The smallest absolute Gasteiger partial charge is 0.293 e. The third-order valence-electron chi connectivity index (χ3n) is 2.57. The van der Waals surface area contributed by atoms with Crippen molar-refractivity contribution in [1.82, 2.24) is 10.6 Å². The van der Waals surface area contributed by atoms with Crippen molar-refractivity contribution in [3.8, 4) is 0 Å². The van der Waals surface area contributed by atoms with Crippen LogP contribution in [0.25, 0.3) is 6.08 Å². The molecule has 0 spiro atoms. The molecule has 0 aliphatic carbocycles. The molecule has 0 unspecified atom stereocenters. The van der Waals surface area contributed by atoms with Gasteiger partial charge >= 0.3 is 6.03 Å². The van der Waals surface area contributed by atoms with Crippen LogP contribution in [0.1, 0.15) is 5.56 Å². The molecule has 0 bridgehead atoms. The summed E-state index contributed by atoms with van der Waals surface area (Å²) in [5, 5.41) is 3.65. The van der Waals surface area contributed by atoms with Gasteiger partial charge in [0, 0.05) is 0 Å². The van der Waals surface area contributed by atoms with Crippen LogP contribution in [0.3, 0.4) is 0 Å². The Labute approximate surface area is 112 Å². The Morgan fingerprint density at radius 1 is 1.15 bits per heavy atom. The monoisotopic (exact) mass is 276 g/mol. The first kappa shape index (κ1) is 13.6. The molecular formula is C13H9FN2O4. The number of allylic oxidation sites excluding steroid dienone is 1. The van der Waals surface area contributed by atoms with Crippen LogP contribution in [-0.4, -0.2) is 23.6 Å². The highest BCUT2D eigenvalue weighted by molar-refractivity contribution is 6.28. The van der Waals surface area contributed by atoms with Crippen molar-refractivity contribution in [2.75, 3.05) is 0 Å². The van der Waals surface area contributed by atoms with Gasteiger partial charge in [-0.05, 0) is 23.8 Å². The highest BCUT2D eigenvalue weighted by atomic mass is 19.1. The first-order valence-corrected chi connectivity index (χ1v) is 5.60. The van der Waals surface area contributed by atoms with Crippen molar-refractivity contribution in [3.05, 3.63) is 41.7 Å². The predicted molar refractivity (Wildman–Crippen MR) is 65.6 cm³/mol. The standard InChI is InChI=1S/C13H9FN2O4/c14-8-3-1-2-7(6-8)4-5-9(17)10-11(18)15-13(20)16-12(10)19/h1-6,10H,(H2,15,16,18,19,20)/b5-4+. The number of nitrogens with one attached hydrogen (secondary N) is 2. The van der Waals surface area contributed by atoms with E-state index in [2.05, 4.69) is 0 Å². The summed E-state index contributed by atoms with van der Waals surface area (Å²) in [6, 6.07) is 4.48. The third kappa shape index (κ3) is 2.94. The summed E-state index contributed by atoms with van der Waals surface area (Å²) in [5.41, 5.74) is 0.408. The third-order valence-corrected chi connectivity index (χ3v) is 2.57. The number of carbonyl (C=O) groups is 4. The zero-order valence-electron chi connectivity index (χ0n) is 10.1. The van der Waals surface area contributed by atoms with Crippen LogP contribution in [0, 0.1) is 11.7 Å². The summed E-state index contributed by atoms with van der Waals surface area (Å²) in [6.45, 7) is 0. The van der Waals surface area contributed by atoms with Gasteiger partial charge in [0.2, 0.25) is 11.8 Å². The Hall–Kier alpha value is -2.83. The van der Waals surface area contributed by atoms with E-state index in [1.807, 2.05) is 10.6 Å². The summed E-state index contributed by atoms with van der Waals surface area (Å²) in [4.78, 5) is 45.4. The molecule has 1 aromatic carbocycles. The quantitative estimate of drug-likeness (QED) is 0.617. The number of hydrogen-bond donors (Lipinski definition) is 2. The van der Waals surface area contributed by atoms with Gasteiger partial charge in [0.05, 0.1) is 0 Å². The number of benzene rings is 1. The molecule has 0 atom stereocenters. The second-order valence-corrected chi connectivity index (χ2v) is 4.03. The lowest BCUT2D eigenvalue weighted by Crippen LogP contribution is -2.57. The zero-order valence-corrected chi connectivity index (χ0v) is 10.1. The Bertz CT molecular complexity index is 619. The molecule has 20 heavy (non-hydrogen) atoms. The van der Waals surface area contributed by atoms with E-state index < -0.39 is 35.4 Å². The van der Waals surface area contributed by atoms with Crippen molar-refractivity contribution in [2.45, 2.75) is 0 Å². The van der Waals surface area contributed by atoms with Crippen LogP contribution in [0.15, 0.2) is 30.3 Å². The Balaban J connectivity index is 2.13. The molecule has 1 aliphatic heterocycles. The van der Waals surface area contributed by atoms with E-state index >= 15 is 0 Å². The number of urea groups is 1. The van der Waals surface area contributed by atoms with Gasteiger partial charge < -0.3 is 0 Å². The van der Waals surface area contributed by atoms with E-state index in [1.54, 1.807) is 6.07 Å². The lowest BCUT2D eigenvalue weighted by molar-refractivity contribution is -0.140. The zero-order chi connectivity index (χ0) is 14.7. The van der Waals surface area contributed by atoms with Gasteiger partial charge in [0.25, 0.3) is 0 Å². The SMILES string of the molecule is O=C1NC(=O)C(C(=O)/C=C/c2cccc(F)c2)C(=O)N1. The Morgan fingerprint density at radius 3 is 2.40 bits per heavy atom. The first-order valence-electron chi connectivity index (χ1n) is 5.60. The molecule has 4 amide bonds. The van der Waals surface area contributed by atoms with Crippen molar-refractivity contribution in [3.63, 3.8) is 0 Å². The van der Waals surface area contributed by atoms with E-state index in [9.17, 15) is 23.6 Å². The molecular weight excluding hydrogens is 267 g/mol. The lowest BCUT2D eigenvalue weighted by atomic mass is 9.99. The van der Waals surface area contributed by atoms with E-state index in [4.69, 9.17) is 0 Å². The van der Waals surface area contributed by atoms with Crippen LogP contribution < -0.4 is 10.6 Å². The molecule has 1 saturated heterocycles. The Morgan fingerprint density at radius 2 is 1.80 bits per heavy atom. The number of barbiturate groups is 1. The molecule has 0 aromatic heterocycles. The van der Waals surface area contributed by atoms with Gasteiger partial charge in [-0.25, -0.2) is 9.18 Å². The van der Waals surface area contributed by atoms with Crippen LogP contribution in [0.2, 0.25) is 0 Å². The van der Waals surface area contributed by atoms with E-state index in [0.717, 1.165) is 6.08 Å². The number of ketones is 1. The minimum atomic E-state index is -1.61. The van der Waals surface area contributed by atoms with E-state index in [-0.39, 0.29) is 0 Å². The summed E-state index contributed by atoms with van der Waals surface area (Å²) in [6.07, 6.45) is 2.27. The molecule has 1 aromatic rings. The topological polar surface area (TPSA) is 92.3 Å². The molecule has 0 radical (unpaired) electrons. The van der Waals surface area contributed by atoms with E-state index in [1.165, 1.54) is 24.3 Å². The minimum Gasteiger partial charge on any atom is -0.293 e. The van der Waals surface area contributed by atoms with Crippen LogP contribution in [0.5, 0.6) is 0 Å². The number of hydrogen-bond acceptors (Lipinski definition) is 4. The van der Waals surface area contributed by atoms with Crippen LogP contribution in [-0.2, 0) is 14.4 Å². The van der Waals surface area contributed by atoms with Crippen molar-refractivity contribution in [2.24, 2.45) is 5.92 Å². The average Bonchev–Trinajstić information content (AvgIpc) is 2.35. The number of rotatable bonds is 3. The number of amides is 4. The fourth-order valence-electron chi connectivity index (χ4n) is 1.66. The van der Waals surface area contributed by atoms with Crippen LogP contribution in [0.4, 0.5) is 9.18 Å². The summed E-state index contributed by atoms with van der Waals surface area (Å²) >= 11 is 0. The van der Waals surface area contributed by atoms with Gasteiger partial charge in [0.1, 0.15) is 5.82 Å². The molecule has 2 N–H and O–H groups in total. The number of imide groups is 2. The molecule has 1 fully saturated rings. The fourth-order valence-corrected chi connectivity index (χ4v) is 1.66. The molecule has 102 valence electrons. The van der Waals surface area contributed by atoms with Gasteiger partial charge in [-0.2, -0.15) is 0 Å². The van der Waals surface area contributed by atoms with Gasteiger partial charge in [-0.1, -0.05) is 18.2 Å². The predicted octanol–water partition coefficient (Wildman–Crippen LogP) is 0.390. The van der Waals surface area contributed by atoms with Gasteiger partial charge in [-0.15, -0.1) is 0 Å². The van der Waals surface area contributed by atoms with Crippen molar-refractivity contribution in [1.29, 1.82) is 0 Å². The molecule has 1 aliphatic rings. The van der Waals surface area contributed by atoms with Gasteiger partial charge in [0.15, 0.2) is 11.7 Å². The molecule has 1 heterocycles. The van der Waals surface area contributed by atoms with E-state index in [0.29, 0.717) is 5.56 Å². The van der Waals surface area contributed by atoms with Crippen molar-refractivity contribution >= 4 is 29.7 Å². The maximum Gasteiger partial charge on any atom is 0.328 e. The Kier molecular flexibility index (Phi) is 3.69. The maximum absolute atomic E-state index is 12.9. The molecule has 7 heteroatoms. The second kappa shape index (κ2) is 5.43. The summed E-state index contributed by atoms with van der Waals surface area (Å²) in [5.74, 6) is -4.84. The first-order chi connectivity index (χ1) is 9.47. The normalized spacial score (nSPS) is 16.1. The average molecular weight is 276 g/mol. The van der Waals surface area contributed by atoms with Crippen molar-refractivity contribution < 1.29 is 23.6 Å². The fraction of sp³-hybridized carbons (Fsp3) is 0.0769. The van der Waals surface area contributed by atoms with Gasteiger partial charge in [-0.3, -0.25) is 25.0 Å². The second-order valence-electron chi connectivity index (χ2n) is 4.03. The molecule has 0 saturated carbocycles. The summed E-state index contributed by atoms with van der Waals surface area (Å²) < 4.78 is 12.9. The lowest BCUT2D eigenvalue weighted by Gasteiger charge is -2.18. The summed E-state index contributed by atoms with van der Waals surface area (Å²) in [7, 11) is 0. The number of halogens is 1. The highest BCUT2D eigenvalue weighted by Crippen LogP contribution is 2.09. The number of carbonyl (C=O) groups excluding carboxylic acids is 4. The molecule has 6 nitrogen and oxygen atoms in total.